The molecule has 2 aromatic carbocycles. The van der Waals surface area contributed by atoms with Gasteiger partial charge in [0.2, 0.25) is 5.91 Å². The Bertz CT molecular complexity index is 715. The highest BCUT2D eigenvalue weighted by molar-refractivity contribution is 5.79. The second-order valence-electron chi connectivity index (χ2n) is 6.63. The van der Waals surface area contributed by atoms with Crippen molar-refractivity contribution in [1.82, 2.24) is 10.6 Å². The predicted octanol–water partition coefficient (Wildman–Crippen LogP) is 3.07. The van der Waals surface area contributed by atoms with E-state index in [0.29, 0.717) is 6.54 Å². The van der Waals surface area contributed by atoms with Crippen LogP contribution in [0.3, 0.4) is 0 Å². The summed E-state index contributed by atoms with van der Waals surface area (Å²) in [7, 11) is 1.86. The summed E-state index contributed by atoms with van der Waals surface area (Å²) in [5, 5.41) is 6.29. The number of benzene rings is 2. The summed E-state index contributed by atoms with van der Waals surface area (Å²) >= 11 is 0. The first-order chi connectivity index (χ1) is 12.2. The van der Waals surface area contributed by atoms with Gasteiger partial charge >= 0.3 is 0 Å². The molecule has 0 bridgehead atoms. The topological polar surface area (TPSA) is 50.4 Å². The van der Waals surface area contributed by atoms with E-state index in [-0.39, 0.29) is 17.9 Å². The average molecular weight is 338 g/mol. The van der Waals surface area contributed by atoms with Gasteiger partial charge in [0.25, 0.3) is 0 Å². The molecule has 1 aliphatic rings. The monoisotopic (exact) mass is 338 g/mol. The lowest BCUT2D eigenvalue weighted by molar-refractivity contribution is -0.124. The van der Waals surface area contributed by atoms with E-state index < -0.39 is 0 Å². The summed E-state index contributed by atoms with van der Waals surface area (Å²) in [5.41, 5.74) is 3.41. The quantitative estimate of drug-likeness (QED) is 0.851. The molecule has 2 aromatic rings. The van der Waals surface area contributed by atoms with E-state index in [9.17, 15) is 4.79 Å². The minimum atomic E-state index is -0.153. The zero-order valence-corrected chi connectivity index (χ0v) is 14.9. The van der Waals surface area contributed by atoms with E-state index in [1.807, 2.05) is 38.2 Å². The molecule has 0 saturated heterocycles. The summed E-state index contributed by atoms with van der Waals surface area (Å²) < 4.78 is 5.72. The van der Waals surface area contributed by atoms with E-state index in [4.69, 9.17) is 4.74 Å². The molecule has 4 heteroatoms. The lowest BCUT2D eigenvalue weighted by Gasteiger charge is -2.24. The zero-order valence-electron chi connectivity index (χ0n) is 14.9. The predicted molar refractivity (Wildman–Crippen MR) is 99.8 cm³/mol. The van der Waals surface area contributed by atoms with Crippen LogP contribution in [0.2, 0.25) is 0 Å². The summed E-state index contributed by atoms with van der Waals surface area (Å²) in [6.45, 7) is 3.38. The van der Waals surface area contributed by atoms with Crippen LogP contribution in [0.5, 0.6) is 5.75 Å². The number of ether oxygens (including phenoxy) is 1. The zero-order chi connectivity index (χ0) is 17.6. The smallest absolute Gasteiger partial charge is 0.224 e. The first-order valence-corrected chi connectivity index (χ1v) is 8.94. The summed E-state index contributed by atoms with van der Waals surface area (Å²) in [6, 6.07) is 16.2. The number of amides is 1. The van der Waals surface area contributed by atoms with Crippen molar-refractivity contribution in [1.29, 1.82) is 0 Å². The third-order valence-corrected chi connectivity index (χ3v) is 4.64. The van der Waals surface area contributed by atoms with Crippen molar-refractivity contribution in [2.45, 2.75) is 25.8 Å². The second kappa shape index (κ2) is 8.17. The van der Waals surface area contributed by atoms with Crippen LogP contribution in [-0.4, -0.2) is 26.1 Å². The van der Waals surface area contributed by atoms with Gasteiger partial charge in [0, 0.05) is 12.5 Å². The highest BCUT2D eigenvalue weighted by Crippen LogP contribution is 2.30. The minimum absolute atomic E-state index is 0.0529. The van der Waals surface area contributed by atoms with Gasteiger partial charge in [-0.15, -0.1) is 0 Å². The number of hydrogen-bond donors (Lipinski definition) is 2. The first kappa shape index (κ1) is 17.5. The first-order valence-electron chi connectivity index (χ1n) is 8.94. The molecule has 0 aromatic heterocycles. The van der Waals surface area contributed by atoms with Gasteiger partial charge in [-0.2, -0.15) is 0 Å². The molecule has 0 spiro atoms. The van der Waals surface area contributed by atoms with Crippen LogP contribution in [0.1, 0.15) is 36.1 Å². The van der Waals surface area contributed by atoms with Gasteiger partial charge in [-0.25, -0.2) is 0 Å². The van der Waals surface area contributed by atoms with Crippen LogP contribution in [0.15, 0.2) is 48.5 Å². The standard InChI is InChI=1S/C21H26N2O2/c1-15(14-22-2)21(24)23-20(16-7-4-3-5-8-16)18-10-11-19-17(13-18)9-6-12-25-19/h3-5,7-8,10-11,13,15,20,22H,6,9,12,14H2,1-2H3,(H,23,24). The van der Waals surface area contributed by atoms with Crippen molar-refractivity contribution in [3.05, 3.63) is 65.2 Å². The third-order valence-electron chi connectivity index (χ3n) is 4.64. The van der Waals surface area contributed by atoms with Crippen molar-refractivity contribution >= 4 is 5.91 Å². The Hall–Kier alpha value is -2.33. The van der Waals surface area contributed by atoms with Gasteiger partial charge in [-0.1, -0.05) is 43.3 Å². The molecule has 3 rings (SSSR count). The summed E-state index contributed by atoms with van der Waals surface area (Å²) in [6.07, 6.45) is 2.06. The second-order valence-corrected chi connectivity index (χ2v) is 6.63. The van der Waals surface area contributed by atoms with Gasteiger partial charge in [0.05, 0.1) is 12.6 Å². The van der Waals surface area contributed by atoms with Crippen LogP contribution in [0, 0.1) is 5.92 Å². The molecule has 2 N–H and O–H groups in total. The molecule has 0 saturated carbocycles. The Labute approximate surface area is 149 Å². The van der Waals surface area contributed by atoms with Crippen molar-refractivity contribution in [2.24, 2.45) is 5.92 Å². The van der Waals surface area contributed by atoms with E-state index in [1.54, 1.807) is 0 Å². The van der Waals surface area contributed by atoms with E-state index >= 15 is 0 Å². The molecule has 1 aliphatic heterocycles. The number of rotatable bonds is 6. The average Bonchev–Trinajstić information content (AvgIpc) is 2.66. The highest BCUT2D eigenvalue weighted by atomic mass is 16.5. The molecule has 1 amide bonds. The number of carbonyl (C=O) groups is 1. The Morgan fingerprint density at radius 3 is 2.72 bits per heavy atom. The van der Waals surface area contributed by atoms with Crippen molar-refractivity contribution in [2.75, 3.05) is 20.2 Å². The molecule has 0 radical (unpaired) electrons. The lowest BCUT2D eigenvalue weighted by atomic mass is 9.94. The molecule has 2 unspecified atom stereocenters. The van der Waals surface area contributed by atoms with E-state index in [2.05, 4.69) is 34.9 Å². The molecule has 132 valence electrons. The van der Waals surface area contributed by atoms with Crippen LogP contribution in [0.4, 0.5) is 0 Å². The molecular formula is C21H26N2O2. The minimum Gasteiger partial charge on any atom is -0.493 e. The van der Waals surface area contributed by atoms with Crippen molar-refractivity contribution in [3.8, 4) is 5.75 Å². The third kappa shape index (κ3) is 4.20. The summed E-state index contributed by atoms with van der Waals surface area (Å²) in [5.74, 6) is 0.936. The molecule has 1 heterocycles. The Kier molecular flexibility index (Phi) is 5.71. The maximum atomic E-state index is 12.6. The largest absolute Gasteiger partial charge is 0.493 e. The fourth-order valence-electron chi connectivity index (χ4n) is 3.25. The molecule has 0 fully saturated rings. The molecule has 4 nitrogen and oxygen atoms in total. The Morgan fingerprint density at radius 2 is 1.96 bits per heavy atom. The Balaban J connectivity index is 1.90. The van der Waals surface area contributed by atoms with Gasteiger partial charge in [0.1, 0.15) is 5.75 Å². The van der Waals surface area contributed by atoms with Crippen molar-refractivity contribution in [3.63, 3.8) is 0 Å². The fourth-order valence-corrected chi connectivity index (χ4v) is 3.25. The maximum Gasteiger partial charge on any atom is 0.224 e. The molecule has 0 aliphatic carbocycles. The number of fused-ring (bicyclic) bond motifs is 1. The summed E-state index contributed by atoms with van der Waals surface area (Å²) in [4.78, 5) is 12.6. The van der Waals surface area contributed by atoms with E-state index in [1.165, 1.54) is 5.56 Å². The number of aryl methyl sites for hydroxylation is 1. The van der Waals surface area contributed by atoms with Gasteiger partial charge in [-0.05, 0) is 48.7 Å². The van der Waals surface area contributed by atoms with E-state index in [0.717, 1.165) is 36.3 Å². The van der Waals surface area contributed by atoms with Crippen LogP contribution < -0.4 is 15.4 Å². The molecule has 25 heavy (non-hydrogen) atoms. The molecular weight excluding hydrogens is 312 g/mol. The highest BCUT2D eigenvalue weighted by Gasteiger charge is 2.22. The van der Waals surface area contributed by atoms with Gasteiger partial charge in [0.15, 0.2) is 0 Å². The lowest BCUT2D eigenvalue weighted by Crippen LogP contribution is -2.37. The normalized spacial score (nSPS) is 15.6. The number of hydrogen-bond acceptors (Lipinski definition) is 3. The maximum absolute atomic E-state index is 12.6. The van der Waals surface area contributed by atoms with Gasteiger partial charge in [-0.3, -0.25) is 4.79 Å². The van der Waals surface area contributed by atoms with Crippen LogP contribution in [0.25, 0.3) is 0 Å². The fraction of sp³-hybridized carbons (Fsp3) is 0.381. The number of nitrogens with one attached hydrogen (secondary N) is 2. The Morgan fingerprint density at radius 1 is 1.16 bits per heavy atom. The number of carbonyl (C=O) groups excluding carboxylic acids is 1. The van der Waals surface area contributed by atoms with Gasteiger partial charge < -0.3 is 15.4 Å². The van der Waals surface area contributed by atoms with Crippen molar-refractivity contribution < 1.29 is 9.53 Å². The molecule has 2 atom stereocenters. The van der Waals surface area contributed by atoms with Crippen LogP contribution >= 0.6 is 0 Å². The van der Waals surface area contributed by atoms with Crippen LogP contribution in [-0.2, 0) is 11.2 Å². The SMILES string of the molecule is CNCC(C)C(=O)NC(c1ccccc1)c1ccc2c(c1)CCCO2.